The van der Waals surface area contributed by atoms with Gasteiger partial charge in [0.2, 0.25) is 0 Å². The Morgan fingerprint density at radius 3 is 2.55 bits per heavy atom. The molecule has 1 rings (SSSR count). The summed E-state index contributed by atoms with van der Waals surface area (Å²) in [7, 11) is 0. The number of thiophene rings is 1. The van der Waals surface area contributed by atoms with Crippen molar-refractivity contribution in [2.24, 2.45) is 5.73 Å². The lowest BCUT2D eigenvalue weighted by molar-refractivity contribution is 0.550. The molecule has 0 unspecified atom stereocenters. The lowest BCUT2D eigenvalue weighted by Gasteiger charge is -2.19. The average Bonchev–Trinajstić information content (AvgIpc) is 2.36. The maximum Gasteiger partial charge on any atom is 0.0931 e. The topological polar surface area (TPSA) is 26.0 Å². The number of halogens is 1. The van der Waals surface area contributed by atoms with Crippen LogP contribution in [0, 0.1) is 0 Å². The second-order valence-corrected chi connectivity index (χ2v) is 4.91. The van der Waals surface area contributed by atoms with Crippen LogP contribution >= 0.6 is 22.9 Å². The Morgan fingerprint density at radius 2 is 2.18 bits per heavy atom. The van der Waals surface area contributed by atoms with Crippen LogP contribution in [0.1, 0.15) is 18.7 Å². The van der Waals surface area contributed by atoms with Crippen LogP contribution in [0.2, 0.25) is 4.34 Å². The third kappa shape index (κ3) is 1.95. The SMILES string of the molecule is CC(C)(CN)c1ccc(Cl)s1. The Balaban J connectivity index is 2.92. The molecule has 0 bridgehead atoms. The first-order valence-electron chi connectivity index (χ1n) is 3.52. The van der Waals surface area contributed by atoms with Crippen molar-refractivity contribution in [3.05, 3.63) is 21.3 Å². The molecule has 0 aliphatic carbocycles. The van der Waals surface area contributed by atoms with Crippen molar-refractivity contribution in [1.29, 1.82) is 0 Å². The van der Waals surface area contributed by atoms with Gasteiger partial charge in [-0.3, -0.25) is 0 Å². The third-order valence-electron chi connectivity index (χ3n) is 1.75. The Morgan fingerprint density at radius 1 is 1.55 bits per heavy atom. The molecule has 2 N–H and O–H groups in total. The first-order chi connectivity index (χ1) is 5.06. The minimum atomic E-state index is 0.0673. The van der Waals surface area contributed by atoms with Gasteiger partial charge in [-0.05, 0) is 12.1 Å². The molecule has 3 heteroatoms. The zero-order valence-corrected chi connectivity index (χ0v) is 8.30. The molecule has 1 aromatic heterocycles. The van der Waals surface area contributed by atoms with Crippen molar-refractivity contribution >= 4 is 22.9 Å². The van der Waals surface area contributed by atoms with E-state index in [9.17, 15) is 0 Å². The van der Waals surface area contributed by atoms with Crippen LogP contribution in [0.3, 0.4) is 0 Å². The highest BCUT2D eigenvalue weighted by atomic mass is 35.5. The van der Waals surface area contributed by atoms with E-state index in [0.717, 1.165) is 4.34 Å². The summed E-state index contributed by atoms with van der Waals surface area (Å²) in [6.45, 7) is 4.90. The Labute approximate surface area is 76.2 Å². The minimum absolute atomic E-state index is 0.0673. The maximum absolute atomic E-state index is 5.80. The number of hydrogen-bond donors (Lipinski definition) is 1. The van der Waals surface area contributed by atoms with E-state index in [0.29, 0.717) is 6.54 Å². The molecular weight excluding hydrogens is 178 g/mol. The smallest absolute Gasteiger partial charge is 0.0931 e. The van der Waals surface area contributed by atoms with Crippen LogP contribution in [0.5, 0.6) is 0 Å². The van der Waals surface area contributed by atoms with Crippen LogP contribution in [-0.2, 0) is 5.41 Å². The molecule has 0 atom stereocenters. The molecule has 1 heterocycles. The predicted molar refractivity (Wildman–Crippen MR) is 51.4 cm³/mol. The third-order valence-corrected chi connectivity index (χ3v) is 3.35. The van der Waals surface area contributed by atoms with Crippen LogP contribution in [0.15, 0.2) is 12.1 Å². The monoisotopic (exact) mass is 189 g/mol. The fourth-order valence-electron chi connectivity index (χ4n) is 0.779. The molecule has 0 radical (unpaired) electrons. The summed E-state index contributed by atoms with van der Waals surface area (Å²) in [6.07, 6.45) is 0. The highest BCUT2D eigenvalue weighted by molar-refractivity contribution is 7.16. The second-order valence-electron chi connectivity index (χ2n) is 3.19. The van der Waals surface area contributed by atoms with Gasteiger partial charge in [0, 0.05) is 16.8 Å². The molecule has 0 saturated carbocycles. The fourth-order valence-corrected chi connectivity index (χ4v) is 1.93. The number of nitrogens with two attached hydrogens (primary N) is 1. The summed E-state index contributed by atoms with van der Waals surface area (Å²) >= 11 is 7.41. The largest absolute Gasteiger partial charge is 0.330 e. The normalized spacial score (nSPS) is 12.0. The van der Waals surface area contributed by atoms with Gasteiger partial charge in [-0.1, -0.05) is 25.4 Å². The van der Waals surface area contributed by atoms with E-state index in [4.69, 9.17) is 17.3 Å². The van der Waals surface area contributed by atoms with Crippen LogP contribution in [0.4, 0.5) is 0 Å². The standard InChI is InChI=1S/C8H12ClNS/c1-8(2,5-10)6-3-4-7(9)11-6/h3-4H,5,10H2,1-2H3. The van der Waals surface area contributed by atoms with E-state index in [1.54, 1.807) is 11.3 Å². The van der Waals surface area contributed by atoms with E-state index >= 15 is 0 Å². The molecule has 11 heavy (non-hydrogen) atoms. The summed E-state index contributed by atoms with van der Waals surface area (Å²) in [5.74, 6) is 0. The second kappa shape index (κ2) is 3.13. The van der Waals surface area contributed by atoms with E-state index in [1.165, 1.54) is 4.88 Å². The van der Waals surface area contributed by atoms with Crippen LogP contribution in [0.25, 0.3) is 0 Å². The van der Waals surface area contributed by atoms with Gasteiger partial charge in [-0.25, -0.2) is 0 Å². The zero-order valence-electron chi connectivity index (χ0n) is 6.73. The molecular formula is C8H12ClNS. The Kier molecular flexibility index (Phi) is 2.58. The van der Waals surface area contributed by atoms with Crippen LogP contribution in [-0.4, -0.2) is 6.54 Å². The van der Waals surface area contributed by atoms with Crippen LogP contribution < -0.4 is 5.73 Å². The lowest BCUT2D eigenvalue weighted by Crippen LogP contribution is -2.26. The summed E-state index contributed by atoms with van der Waals surface area (Å²) in [4.78, 5) is 1.25. The molecule has 0 aromatic carbocycles. The van der Waals surface area contributed by atoms with Gasteiger partial charge >= 0.3 is 0 Å². The molecule has 1 nitrogen and oxygen atoms in total. The number of hydrogen-bond acceptors (Lipinski definition) is 2. The van der Waals surface area contributed by atoms with Crippen molar-refractivity contribution in [2.75, 3.05) is 6.54 Å². The molecule has 1 aromatic rings. The van der Waals surface area contributed by atoms with Crippen molar-refractivity contribution in [1.82, 2.24) is 0 Å². The van der Waals surface area contributed by atoms with E-state index in [2.05, 4.69) is 13.8 Å². The Hall–Kier alpha value is -0.0500. The molecule has 0 amide bonds. The first kappa shape index (κ1) is 9.04. The van der Waals surface area contributed by atoms with E-state index in [-0.39, 0.29) is 5.41 Å². The molecule has 0 aliphatic heterocycles. The Bertz CT molecular complexity index is 242. The van der Waals surface area contributed by atoms with Crippen molar-refractivity contribution in [3.8, 4) is 0 Å². The molecule has 0 saturated heterocycles. The molecule has 62 valence electrons. The lowest BCUT2D eigenvalue weighted by atomic mass is 9.92. The minimum Gasteiger partial charge on any atom is -0.330 e. The van der Waals surface area contributed by atoms with Gasteiger partial charge in [0.05, 0.1) is 4.34 Å². The highest BCUT2D eigenvalue weighted by Gasteiger charge is 2.19. The van der Waals surface area contributed by atoms with Crippen molar-refractivity contribution < 1.29 is 0 Å². The zero-order chi connectivity index (χ0) is 8.48. The van der Waals surface area contributed by atoms with Gasteiger partial charge < -0.3 is 5.73 Å². The summed E-state index contributed by atoms with van der Waals surface area (Å²) in [6, 6.07) is 3.96. The quantitative estimate of drug-likeness (QED) is 0.761. The van der Waals surface area contributed by atoms with E-state index in [1.807, 2.05) is 12.1 Å². The highest BCUT2D eigenvalue weighted by Crippen LogP contribution is 2.31. The van der Waals surface area contributed by atoms with E-state index < -0.39 is 0 Å². The predicted octanol–water partition coefficient (Wildman–Crippen LogP) is 2.64. The molecule has 0 aliphatic rings. The van der Waals surface area contributed by atoms with Gasteiger partial charge in [-0.15, -0.1) is 11.3 Å². The van der Waals surface area contributed by atoms with Crippen molar-refractivity contribution in [2.45, 2.75) is 19.3 Å². The average molecular weight is 190 g/mol. The molecule has 0 spiro atoms. The van der Waals surface area contributed by atoms with Gasteiger partial charge in [0.25, 0.3) is 0 Å². The summed E-state index contributed by atoms with van der Waals surface area (Å²) in [5.41, 5.74) is 5.68. The van der Waals surface area contributed by atoms with Gasteiger partial charge in [0.15, 0.2) is 0 Å². The van der Waals surface area contributed by atoms with Gasteiger partial charge in [-0.2, -0.15) is 0 Å². The number of rotatable bonds is 2. The van der Waals surface area contributed by atoms with Gasteiger partial charge in [0.1, 0.15) is 0 Å². The van der Waals surface area contributed by atoms with Crippen molar-refractivity contribution in [3.63, 3.8) is 0 Å². The summed E-state index contributed by atoms with van der Waals surface area (Å²) < 4.78 is 0.835. The fraction of sp³-hybridized carbons (Fsp3) is 0.500. The summed E-state index contributed by atoms with van der Waals surface area (Å²) in [5, 5.41) is 0. The maximum atomic E-state index is 5.80. The first-order valence-corrected chi connectivity index (χ1v) is 4.71. The molecule has 0 fully saturated rings.